The number of hydrogen-bond acceptors (Lipinski definition) is 4. The van der Waals surface area contributed by atoms with E-state index < -0.39 is 23.5 Å². The number of nitrogens with one attached hydrogen (secondary N) is 1. The Morgan fingerprint density at radius 3 is 2.92 bits per heavy atom. The molecule has 0 amide bonds. The van der Waals surface area contributed by atoms with Crippen LogP contribution >= 0.6 is 0 Å². The second-order valence-corrected chi connectivity index (χ2v) is 5.85. The van der Waals surface area contributed by atoms with E-state index in [4.69, 9.17) is 4.74 Å². The maximum Gasteiger partial charge on any atom is 0.309 e. The summed E-state index contributed by atoms with van der Waals surface area (Å²) in [6.07, 6.45) is 0.474. The van der Waals surface area contributed by atoms with Gasteiger partial charge in [-0.25, -0.2) is 8.78 Å². The van der Waals surface area contributed by atoms with E-state index in [-0.39, 0.29) is 18.1 Å². The van der Waals surface area contributed by atoms with E-state index >= 15 is 0 Å². The molecular formula is C17H13F2N3O2. The predicted octanol–water partition coefficient (Wildman–Crippen LogP) is 3.08. The highest BCUT2D eigenvalue weighted by molar-refractivity contribution is 5.78. The lowest BCUT2D eigenvalue weighted by atomic mass is 10.1. The lowest BCUT2D eigenvalue weighted by Gasteiger charge is -2.06. The van der Waals surface area contributed by atoms with Gasteiger partial charge in [-0.1, -0.05) is 18.2 Å². The summed E-state index contributed by atoms with van der Waals surface area (Å²) in [6, 6.07) is 9.38. The summed E-state index contributed by atoms with van der Waals surface area (Å²) in [4.78, 5) is 12.1. The lowest BCUT2D eigenvalue weighted by molar-refractivity contribution is -0.146. The van der Waals surface area contributed by atoms with Crippen LogP contribution in [-0.4, -0.2) is 21.4 Å². The third kappa shape index (κ3) is 2.62. The van der Waals surface area contributed by atoms with Gasteiger partial charge in [0.25, 0.3) is 0 Å². The first-order valence-electron chi connectivity index (χ1n) is 7.53. The lowest BCUT2D eigenvalue weighted by Crippen LogP contribution is -2.08. The number of carbonyl (C=O) groups excluding carboxylic acids is 1. The Kier molecular flexibility index (Phi) is 3.48. The molecule has 5 nitrogen and oxygen atoms in total. The molecule has 1 aliphatic carbocycles. The van der Waals surface area contributed by atoms with Crippen molar-refractivity contribution in [1.29, 1.82) is 0 Å². The Bertz CT molecular complexity index is 925. The van der Waals surface area contributed by atoms with Crippen molar-refractivity contribution in [1.82, 2.24) is 15.4 Å². The molecule has 2 aromatic carbocycles. The number of H-pyrrole nitrogens is 1. The topological polar surface area (TPSA) is 67.9 Å². The van der Waals surface area contributed by atoms with Gasteiger partial charge in [-0.2, -0.15) is 15.4 Å². The first-order valence-corrected chi connectivity index (χ1v) is 7.53. The molecule has 122 valence electrons. The number of esters is 1. The highest BCUT2D eigenvalue weighted by Gasteiger charge is 2.46. The number of benzene rings is 2. The van der Waals surface area contributed by atoms with Crippen molar-refractivity contribution >= 4 is 17.0 Å². The Morgan fingerprint density at radius 2 is 2.04 bits per heavy atom. The van der Waals surface area contributed by atoms with Crippen LogP contribution in [0.15, 0.2) is 36.4 Å². The fraction of sp³-hybridized carbons (Fsp3) is 0.235. The zero-order valence-corrected chi connectivity index (χ0v) is 12.5. The number of ether oxygens (including phenoxy) is 1. The average Bonchev–Trinajstić information content (AvgIpc) is 3.24. The Hall–Kier alpha value is -2.83. The normalized spacial score (nSPS) is 19.4. The number of aromatic amines is 1. The third-order valence-electron chi connectivity index (χ3n) is 4.24. The van der Waals surface area contributed by atoms with Crippen molar-refractivity contribution in [2.45, 2.75) is 18.9 Å². The summed E-state index contributed by atoms with van der Waals surface area (Å²) >= 11 is 0. The summed E-state index contributed by atoms with van der Waals surface area (Å²) in [7, 11) is 0. The van der Waals surface area contributed by atoms with E-state index in [9.17, 15) is 13.6 Å². The molecule has 4 rings (SSSR count). The molecule has 0 aliphatic heterocycles. The van der Waals surface area contributed by atoms with Gasteiger partial charge in [-0.05, 0) is 35.7 Å². The van der Waals surface area contributed by atoms with E-state index in [1.54, 1.807) is 18.2 Å². The van der Waals surface area contributed by atoms with Gasteiger partial charge in [0.05, 0.1) is 5.92 Å². The van der Waals surface area contributed by atoms with Crippen molar-refractivity contribution in [3.63, 3.8) is 0 Å². The maximum atomic E-state index is 13.8. The van der Waals surface area contributed by atoms with Gasteiger partial charge in [0, 0.05) is 5.92 Å². The van der Waals surface area contributed by atoms with E-state index in [1.165, 1.54) is 12.1 Å². The van der Waals surface area contributed by atoms with Crippen molar-refractivity contribution in [2.24, 2.45) is 5.92 Å². The summed E-state index contributed by atoms with van der Waals surface area (Å²) in [6.45, 7) is 0.108. The second kappa shape index (κ2) is 5.67. The number of fused-ring (bicyclic) bond motifs is 1. The molecule has 1 aliphatic rings. The summed E-state index contributed by atoms with van der Waals surface area (Å²) in [5.74, 6) is -2.91. The fourth-order valence-electron chi connectivity index (χ4n) is 2.84. The molecule has 3 aromatic rings. The number of hydrogen-bond donors (Lipinski definition) is 1. The Morgan fingerprint density at radius 1 is 1.21 bits per heavy atom. The van der Waals surface area contributed by atoms with Gasteiger partial charge in [-0.3, -0.25) is 4.79 Å². The molecule has 1 heterocycles. The molecule has 1 N–H and O–H groups in total. The van der Waals surface area contributed by atoms with Crippen molar-refractivity contribution in [3.05, 3.63) is 59.2 Å². The number of carbonyl (C=O) groups is 1. The first-order chi connectivity index (χ1) is 11.6. The smallest absolute Gasteiger partial charge is 0.309 e. The molecule has 1 aromatic heterocycles. The van der Waals surface area contributed by atoms with Crippen LogP contribution in [-0.2, 0) is 16.1 Å². The summed E-state index contributed by atoms with van der Waals surface area (Å²) < 4.78 is 32.3. The SMILES string of the molecule is O=C(OCc1ccc2n[nH]nc2c1)[C@H]1C[C@@H]1c1cccc(F)c1F. The van der Waals surface area contributed by atoms with Crippen LogP contribution in [0, 0.1) is 17.6 Å². The predicted molar refractivity (Wildman–Crippen MR) is 80.9 cm³/mol. The fourth-order valence-corrected chi connectivity index (χ4v) is 2.84. The molecule has 0 radical (unpaired) electrons. The summed E-state index contributed by atoms with van der Waals surface area (Å²) in [5.41, 5.74) is 2.45. The number of nitrogens with zero attached hydrogens (tertiary/aromatic N) is 2. The van der Waals surface area contributed by atoms with E-state index in [0.29, 0.717) is 11.9 Å². The minimum atomic E-state index is -0.896. The maximum absolute atomic E-state index is 13.8. The average molecular weight is 329 g/mol. The van der Waals surface area contributed by atoms with E-state index in [2.05, 4.69) is 15.4 Å². The number of rotatable bonds is 4. The minimum absolute atomic E-state index is 0.108. The largest absolute Gasteiger partial charge is 0.461 e. The highest BCUT2D eigenvalue weighted by Crippen LogP contribution is 2.49. The quantitative estimate of drug-likeness (QED) is 0.747. The molecule has 24 heavy (non-hydrogen) atoms. The molecule has 1 saturated carbocycles. The van der Waals surface area contributed by atoms with Crippen LogP contribution < -0.4 is 0 Å². The minimum Gasteiger partial charge on any atom is -0.461 e. The van der Waals surface area contributed by atoms with E-state index in [1.807, 2.05) is 0 Å². The van der Waals surface area contributed by atoms with Gasteiger partial charge < -0.3 is 4.74 Å². The van der Waals surface area contributed by atoms with Gasteiger partial charge in [0.1, 0.15) is 17.6 Å². The molecular weight excluding hydrogens is 316 g/mol. The van der Waals surface area contributed by atoms with Crippen LogP contribution in [0.1, 0.15) is 23.5 Å². The first kappa shape index (κ1) is 14.7. The molecule has 1 fully saturated rings. The zero-order valence-electron chi connectivity index (χ0n) is 12.5. The van der Waals surface area contributed by atoms with Crippen molar-refractivity contribution in [3.8, 4) is 0 Å². The third-order valence-corrected chi connectivity index (χ3v) is 4.24. The number of aromatic nitrogens is 3. The van der Waals surface area contributed by atoms with Gasteiger partial charge in [0.2, 0.25) is 0 Å². The summed E-state index contributed by atoms with van der Waals surface area (Å²) in [5, 5.41) is 10.4. The molecule has 0 bridgehead atoms. The van der Waals surface area contributed by atoms with Crippen molar-refractivity contribution < 1.29 is 18.3 Å². The number of halogens is 2. The molecule has 2 atom stereocenters. The second-order valence-electron chi connectivity index (χ2n) is 5.85. The Balaban J connectivity index is 1.39. The van der Waals surface area contributed by atoms with Crippen LogP contribution in [0.4, 0.5) is 8.78 Å². The van der Waals surface area contributed by atoms with Crippen LogP contribution in [0.3, 0.4) is 0 Å². The van der Waals surface area contributed by atoms with Gasteiger partial charge >= 0.3 is 5.97 Å². The molecule has 0 unspecified atom stereocenters. The molecule has 0 saturated heterocycles. The van der Waals surface area contributed by atoms with Crippen molar-refractivity contribution in [2.75, 3.05) is 0 Å². The Labute approximate surface area is 135 Å². The van der Waals surface area contributed by atoms with Gasteiger partial charge in [0.15, 0.2) is 11.6 Å². The van der Waals surface area contributed by atoms with Crippen LogP contribution in [0.25, 0.3) is 11.0 Å². The van der Waals surface area contributed by atoms with Crippen LogP contribution in [0.2, 0.25) is 0 Å². The standard InChI is InChI=1S/C17H13F2N3O2/c18-13-3-1-2-10(16(13)19)11-7-12(11)17(23)24-8-9-4-5-14-15(6-9)21-22-20-14/h1-6,11-12H,7-8H2,(H,20,21,22)/t11-,12+/m1/s1. The molecule has 0 spiro atoms. The van der Waals surface area contributed by atoms with Crippen LogP contribution in [0.5, 0.6) is 0 Å². The highest BCUT2D eigenvalue weighted by atomic mass is 19.2. The monoisotopic (exact) mass is 329 g/mol. The van der Waals surface area contributed by atoms with E-state index in [0.717, 1.165) is 17.1 Å². The zero-order chi connectivity index (χ0) is 16.7. The van der Waals surface area contributed by atoms with Gasteiger partial charge in [-0.15, -0.1) is 0 Å². The molecule has 7 heteroatoms.